The third-order valence-corrected chi connectivity index (χ3v) is 6.47. The summed E-state index contributed by atoms with van der Waals surface area (Å²) in [4.78, 5) is 30.9. The van der Waals surface area contributed by atoms with Crippen molar-refractivity contribution in [3.8, 4) is 11.5 Å². The summed E-state index contributed by atoms with van der Waals surface area (Å²) in [6.07, 6.45) is 3.19. The molecule has 1 aliphatic rings. The Balaban J connectivity index is 1.85. The molecule has 4 rings (SSSR count). The number of benzene rings is 2. The molecule has 1 saturated heterocycles. The minimum atomic E-state index is -1.17. The molecule has 1 fully saturated rings. The number of hydrogen-bond donors (Lipinski definition) is 2. The summed E-state index contributed by atoms with van der Waals surface area (Å²) in [5.41, 5.74) is 1.78. The zero-order valence-corrected chi connectivity index (χ0v) is 18.4. The van der Waals surface area contributed by atoms with Crippen LogP contribution in [0.25, 0.3) is 0 Å². The largest absolute Gasteiger partial charge is 0.504 e. The number of carbonyl (C=O) groups excluding carboxylic acids is 1. The quantitative estimate of drug-likeness (QED) is 0.310. The summed E-state index contributed by atoms with van der Waals surface area (Å²) in [7, 11) is 0. The van der Waals surface area contributed by atoms with Gasteiger partial charge in [0.25, 0.3) is 0 Å². The van der Waals surface area contributed by atoms with Crippen molar-refractivity contribution in [2.24, 2.45) is 0 Å². The number of nitrogens with zero attached hydrogens (tertiary/aromatic N) is 3. The van der Waals surface area contributed by atoms with Gasteiger partial charge in [0.05, 0.1) is 5.92 Å². The molecule has 1 aromatic heterocycles. The molecule has 0 saturated carbocycles. The number of rotatable bonds is 5. The number of nitro groups is 1. The number of pyridine rings is 1. The second kappa shape index (κ2) is 8.96. The van der Waals surface area contributed by atoms with Gasteiger partial charge in [-0.05, 0) is 41.0 Å². The van der Waals surface area contributed by atoms with E-state index in [0.717, 1.165) is 5.56 Å². The summed E-state index contributed by atoms with van der Waals surface area (Å²) in [5.74, 6) is -1.67. The lowest BCUT2D eigenvalue weighted by Gasteiger charge is -2.41. The summed E-state index contributed by atoms with van der Waals surface area (Å²) >= 11 is 3.47. The van der Waals surface area contributed by atoms with Crippen molar-refractivity contribution in [1.82, 2.24) is 9.88 Å². The molecule has 1 aliphatic heterocycles. The Labute approximate surface area is 192 Å². The zero-order valence-electron chi connectivity index (χ0n) is 16.8. The second-order valence-electron chi connectivity index (χ2n) is 7.68. The van der Waals surface area contributed by atoms with E-state index in [1.54, 1.807) is 42.7 Å². The summed E-state index contributed by atoms with van der Waals surface area (Å²) in [6, 6.07) is 12.6. The monoisotopic (exact) mass is 497 g/mol. The van der Waals surface area contributed by atoms with Gasteiger partial charge in [0.2, 0.25) is 11.9 Å². The summed E-state index contributed by atoms with van der Waals surface area (Å²) < 4.78 is 0.692. The number of aromatic nitrogens is 1. The maximum Gasteiger partial charge on any atom is 0.244 e. The van der Waals surface area contributed by atoms with Crippen LogP contribution < -0.4 is 0 Å². The molecule has 0 bridgehead atoms. The third kappa shape index (κ3) is 4.16. The fraction of sp³-hybridized carbons (Fsp3) is 0.217. The molecule has 164 valence electrons. The average molecular weight is 498 g/mol. The first-order chi connectivity index (χ1) is 15.4. The van der Waals surface area contributed by atoms with Crippen LogP contribution in [0.4, 0.5) is 0 Å². The van der Waals surface area contributed by atoms with Crippen LogP contribution in [0.5, 0.6) is 11.5 Å². The Bertz CT molecular complexity index is 1160. The number of aromatic hydroxyl groups is 2. The molecule has 0 unspecified atom stereocenters. The van der Waals surface area contributed by atoms with Crippen molar-refractivity contribution in [3.05, 3.63) is 98.3 Å². The van der Waals surface area contributed by atoms with Gasteiger partial charge in [-0.2, -0.15) is 0 Å². The summed E-state index contributed by atoms with van der Waals surface area (Å²) in [6.45, 7) is 0.131. The Morgan fingerprint density at radius 2 is 1.91 bits per heavy atom. The molecule has 0 radical (unpaired) electrons. The van der Waals surface area contributed by atoms with Crippen LogP contribution in [0.3, 0.4) is 0 Å². The minimum Gasteiger partial charge on any atom is -0.504 e. The van der Waals surface area contributed by atoms with E-state index in [9.17, 15) is 25.1 Å². The smallest absolute Gasteiger partial charge is 0.244 e. The van der Waals surface area contributed by atoms with E-state index >= 15 is 0 Å². The Kier molecular flexibility index (Phi) is 6.09. The number of halogens is 1. The lowest BCUT2D eigenvalue weighted by Crippen LogP contribution is -2.51. The normalized spacial score (nSPS) is 20.8. The Hall–Kier alpha value is -3.46. The first-order valence-electron chi connectivity index (χ1n) is 9.95. The molecular weight excluding hydrogens is 478 g/mol. The molecule has 8 nitrogen and oxygen atoms in total. The fourth-order valence-corrected chi connectivity index (χ4v) is 4.87. The van der Waals surface area contributed by atoms with Crippen LogP contribution in [-0.4, -0.2) is 37.0 Å². The average Bonchev–Trinajstić information content (AvgIpc) is 2.77. The SMILES string of the molecule is O=C1C[C@H](c2ccccc2Br)[C@@H]([N+](=O)[O-])[C@H](c2ccc(O)c(O)c2)N1Cc1cccnc1. The van der Waals surface area contributed by atoms with Crippen molar-refractivity contribution in [2.45, 2.75) is 31.0 Å². The topological polar surface area (TPSA) is 117 Å². The van der Waals surface area contributed by atoms with Gasteiger partial charge < -0.3 is 15.1 Å². The third-order valence-electron chi connectivity index (χ3n) is 5.75. The van der Waals surface area contributed by atoms with E-state index in [0.29, 0.717) is 15.6 Å². The highest BCUT2D eigenvalue weighted by Gasteiger charge is 2.51. The second-order valence-corrected chi connectivity index (χ2v) is 8.54. The summed E-state index contributed by atoms with van der Waals surface area (Å²) in [5, 5.41) is 32.3. The van der Waals surface area contributed by atoms with Crippen LogP contribution in [0.15, 0.2) is 71.5 Å². The van der Waals surface area contributed by atoms with Gasteiger partial charge >= 0.3 is 0 Å². The standard InChI is InChI=1S/C23H20BrN3O5/c24-18-6-2-1-5-16(18)17-11-21(30)26(13-14-4-3-9-25-12-14)22(23(17)27(31)32)15-7-8-19(28)20(29)10-15/h1-10,12,17,22-23,28-29H,11,13H2/t17-,22+,23-/m1/s1. The number of piperidine rings is 1. The Morgan fingerprint density at radius 1 is 1.12 bits per heavy atom. The van der Waals surface area contributed by atoms with Crippen LogP contribution in [0.2, 0.25) is 0 Å². The highest BCUT2D eigenvalue weighted by atomic mass is 79.9. The van der Waals surface area contributed by atoms with Crippen LogP contribution >= 0.6 is 15.9 Å². The highest BCUT2D eigenvalue weighted by Crippen LogP contribution is 2.45. The lowest BCUT2D eigenvalue weighted by atomic mass is 9.78. The molecule has 9 heteroatoms. The van der Waals surface area contributed by atoms with Crippen molar-refractivity contribution >= 4 is 21.8 Å². The van der Waals surface area contributed by atoms with Gasteiger partial charge in [-0.1, -0.05) is 46.3 Å². The van der Waals surface area contributed by atoms with Gasteiger partial charge in [-0.3, -0.25) is 19.9 Å². The van der Waals surface area contributed by atoms with Crippen LogP contribution in [0, 0.1) is 10.1 Å². The van der Waals surface area contributed by atoms with Crippen molar-refractivity contribution in [3.63, 3.8) is 0 Å². The van der Waals surface area contributed by atoms with Crippen molar-refractivity contribution in [1.29, 1.82) is 0 Å². The zero-order chi connectivity index (χ0) is 22.8. The first kappa shape index (κ1) is 21.8. The number of carbonyl (C=O) groups is 1. The molecule has 2 N–H and O–H groups in total. The van der Waals surface area contributed by atoms with E-state index in [2.05, 4.69) is 20.9 Å². The minimum absolute atomic E-state index is 0.0327. The molecular formula is C23H20BrN3O5. The van der Waals surface area contributed by atoms with E-state index < -0.39 is 23.8 Å². The molecule has 32 heavy (non-hydrogen) atoms. The van der Waals surface area contributed by atoms with Gasteiger partial charge in [0.15, 0.2) is 11.5 Å². The van der Waals surface area contributed by atoms with Crippen LogP contribution in [0.1, 0.15) is 35.1 Å². The van der Waals surface area contributed by atoms with E-state index in [1.165, 1.54) is 23.1 Å². The molecule has 2 aromatic carbocycles. The molecule has 1 amide bonds. The molecule has 0 aliphatic carbocycles. The van der Waals surface area contributed by atoms with Gasteiger partial charge in [-0.15, -0.1) is 0 Å². The van der Waals surface area contributed by atoms with E-state index in [4.69, 9.17) is 0 Å². The van der Waals surface area contributed by atoms with Gasteiger partial charge in [0, 0.05) is 34.8 Å². The van der Waals surface area contributed by atoms with E-state index in [1.807, 2.05) is 6.07 Å². The van der Waals surface area contributed by atoms with Gasteiger partial charge in [0.1, 0.15) is 6.04 Å². The molecule has 3 aromatic rings. The van der Waals surface area contributed by atoms with E-state index in [-0.39, 0.29) is 29.5 Å². The van der Waals surface area contributed by atoms with Crippen molar-refractivity contribution < 1.29 is 19.9 Å². The first-order valence-corrected chi connectivity index (χ1v) is 10.7. The lowest BCUT2D eigenvalue weighted by molar-refractivity contribution is -0.537. The predicted octanol–water partition coefficient (Wildman–Crippen LogP) is 4.16. The number of phenols is 2. The fourth-order valence-electron chi connectivity index (χ4n) is 4.29. The number of phenolic OH excluding ortho intramolecular Hbond substituents is 2. The molecule has 0 spiro atoms. The number of likely N-dealkylation sites (tertiary alicyclic amines) is 1. The predicted molar refractivity (Wildman–Crippen MR) is 120 cm³/mol. The maximum atomic E-state index is 13.4. The number of hydrogen-bond acceptors (Lipinski definition) is 6. The number of amides is 1. The Morgan fingerprint density at radius 3 is 2.56 bits per heavy atom. The van der Waals surface area contributed by atoms with Gasteiger partial charge in [-0.25, -0.2) is 0 Å². The molecule has 2 heterocycles. The molecule has 3 atom stereocenters. The maximum absolute atomic E-state index is 13.4. The van der Waals surface area contributed by atoms with Crippen LogP contribution in [-0.2, 0) is 11.3 Å². The highest BCUT2D eigenvalue weighted by molar-refractivity contribution is 9.10. The van der Waals surface area contributed by atoms with Crippen molar-refractivity contribution in [2.75, 3.05) is 0 Å².